The van der Waals surface area contributed by atoms with Gasteiger partial charge in [-0.3, -0.25) is 4.68 Å². The van der Waals surface area contributed by atoms with Crippen LogP contribution in [-0.4, -0.2) is 14.8 Å². The van der Waals surface area contributed by atoms with E-state index < -0.39 is 5.54 Å². The predicted octanol–water partition coefficient (Wildman–Crippen LogP) is 1.23. The fourth-order valence-corrected chi connectivity index (χ4v) is 1.73. The monoisotopic (exact) mass is 216 g/mol. The molecule has 1 atom stereocenters. The maximum Gasteiger partial charge on any atom is 0.138 e. The van der Waals surface area contributed by atoms with Gasteiger partial charge in [0.25, 0.3) is 0 Å². The van der Waals surface area contributed by atoms with E-state index in [0.29, 0.717) is 6.42 Å². The molecule has 0 aliphatic heterocycles. The maximum absolute atomic E-state index is 6.32. The maximum atomic E-state index is 6.32. The van der Waals surface area contributed by atoms with Crippen LogP contribution in [0.25, 0.3) is 0 Å². The summed E-state index contributed by atoms with van der Waals surface area (Å²) < 4.78 is 1.76. The van der Waals surface area contributed by atoms with Gasteiger partial charge in [0, 0.05) is 19.0 Å². The van der Waals surface area contributed by atoms with Gasteiger partial charge in [0.15, 0.2) is 0 Å². The van der Waals surface area contributed by atoms with Gasteiger partial charge in [0.1, 0.15) is 12.2 Å². The van der Waals surface area contributed by atoms with E-state index in [1.165, 1.54) is 0 Å². The van der Waals surface area contributed by atoms with E-state index in [2.05, 4.69) is 10.1 Å². The first-order valence-corrected chi connectivity index (χ1v) is 5.27. The number of aryl methyl sites for hydroxylation is 1. The van der Waals surface area contributed by atoms with Gasteiger partial charge in [-0.25, -0.2) is 4.98 Å². The molecule has 2 N–H and O–H groups in total. The number of nitrogens with zero attached hydrogens (tertiary/aromatic N) is 3. The fraction of sp³-hybridized carbons (Fsp3) is 0.333. The van der Waals surface area contributed by atoms with Crippen molar-refractivity contribution in [2.24, 2.45) is 12.8 Å². The highest BCUT2D eigenvalue weighted by molar-refractivity contribution is 5.24. The molecular weight excluding hydrogens is 200 g/mol. The van der Waals surface area contributed by atoms with Crippen molar-refractivity contribution in [3.8, 4) is 0 Å². The lowest BCUT2D eigenvalue weighted by Crippen LogP contribution is -2.36. The van der Waals surface area contributed by atoms with Crippen LogP contribution in [0.3, 0.4) is 0 Å². The highest BCUT2D eigenvalue weighted by Gasteiger charge is 2.23. The van der Waals surface area contributed by atoms with Crippen LogP contribution in [0.2, 0.25) is 0 Å². The number of benzene rings is 1. The third-order valence-corrected chi connectivity index (χ3v) is 2.76. The van der Waals surface area contributed by atoms with Gasteiger partial charge in [-0.2, -0.15) is 5.10 Å². The summed E-state index contributed by atoms with van der Waals surface area (Å²) in [6.45, 7) is 2.01. The number of aromatic nitrogens is 3. The largest absolute Gasteiger partial charge is 0.321 e. The van der Waals surface area contributed by atoms with Crippen LogP contribution >= 0.6 is 0 Å². The molecule has 4 nitrogen and oxygen atoms in total. The third-order valence-electron chi connectivity index (χ3n) is 2.76. The first-order chi connectivity index (χ1) is 7.59. The SMILES string of the molecule is Cn1ncnc1CC(C)(N)c1ccccc1. The lowest BCUT2D eigenvalue weighted by atomic mass is 9.89. The second-order valence-corrected chi connectivity index (χ2v) is 4.26. The standard InChI is InChI=1S/C12H16N4/c1-12(13,10-6-4-3-5-7-10)8-11-14-9-15-16(11)2/h3-7,9H,8,13H2,1-2H3. The Bertz CT molecular complexity index is 459. The molecule has 0 fully saturated rings. The highest BCUT2D eigenvalue weighted by Crippen LogP contribution is 2.21. The molecule has 1 aromatic carbocycles. The molecule has 0 aliphatic carbocycles. The third kappa shape index (κ3) is 2.12. The lowest BCUT2D eigenvalue weighted by molar-refractivity contribution is 0.465. The minimum atomic E-state index is -0.415. The summed E-state index contributed by atoms with van der Waals surface area (Å²) in [6.07, 6.45) is 2.23. The highest BCUT2D eigenvalue weighted by atomic mass is 15.3. The van der Waals surface area contributed by atoms with Crippen LogP contribution in [0, 0.1) is 0 Å². The van der Waals surface area contributed by atoms with Crippen molar-refractivity contribution >= 4 is 0 Å². The minimum absolute atomic E-state index is 0.415. The zero-order valence-corrected chi connectivity index (χ0v) is 9.59. The van der Waals surface area contributed by atoms with E-state index in [9.17, 15) is 0 Å². The van der Waals surface area contributed by atoms with Crippen molar-refractivity contribution in [2.45, 2.75) is 18.9 Å². The summed E-state index contributed by atoms with van der Waals surface area (Å²) in [5.74, 6) is 0.897. The number of rotatable bonds is 3. The molecular formula is C12H16N4. The van der Waals surface area contributed by atoms with Crippen molar-refractivity contribution in [1.29, 1.82) is 0 Å². The van der Waals surface area contributed by atoms with Gasteiger partial charge in [0.2, 0.25) is 0 Å². The van der Waals surface area contributed by atoms with Crippen LogP contribution in [0.5, 0.6) is 0 Å². The Morgan fingerprint density at radius 3 is 2.56 bits per heavy atom. The summed E-state index contributed by atoms with van der Waals surface area (Å²) in [7, 11) is 1.88. The Labute approximate surface area is 95.1 Å². The molecule has 1 unspecified atom stereocenters. The Hall–Kier alpha value is -1.68. The van der Waals surface area contributed by atoms with Crippen LogP contribution in [0.4, 0.5) is 0 Å². The van der Waals surface area contributed by atoms with Gasteiger partial charge < -0.3 is 5.73 Å². The topological polar surface area (TPSA) is 56.7 Å². The zero-order chi connectivity index (χ0) is 11.6. The summed E-state index contributed by atoms with van der Waals surface area (Å²) in [5, 5.41) is 4.04. The van der Waals surface area contributed by atoms with Crippen molar-refractivity contribution in [1.82, 2.24) is 14.8 Å². The average molecular weight is 216 g/mol. The van der Waals surface area contributed by atoms with Crippen LogP contribution < -0.4 is 5.73 Å². The smallest absolute Gasteiger partial charge is 0.138 e. The molecule has 0 spiro atoms. The Balaban J connectivity index is 2.24. The first kappa shape index (κ1) is 10.8. The van der Waals surface area contributed by atoms with Crippen molar-refractivity contribution < 1.29 is 0 Å². The predicted molar refractivity (Wildman–Crippen MR) is 62.7 cm³/mol. The molecule has 2 aromatic rings. The number of nitrogens with two attached hydrogens (primary N) is 1. The molecule has 1 aromatic heterocycles. The normalized spacial score (nSPS) is 14.7. The second-order valence-electron chi connectivity index (χ2n) is 4.26. The van der Waals surface area contributed by atoms with Gasteiger partial charge in [-0.15, -0.1) is 0 Å². The van der Waals surface area contributed by atoms with Crippen molar-refractivity contribution in [3.05, 3.63) is 48.0 Å². The summed E-state index contributed by atoms with van der Waals surface area (Å²) in [4.78, 5) is 4.20. The Morgan fingerprint density at radius 1 is 1.31 bits per heavy atom. The van der Waals surface area contributed by atoms with E-state index in [0.717, 1.165) is 11.4 Å². The van der Waals surface area contributed by atoms with E-state index in [1.54, 1.807) is 11.0 Å². The fourth-order valence-electron chi connectivity index (χ4n) is 1.73. The lowest BCUT2D eigenvalue weighted by Gasteiger charge is -2.24. The van der Waals surface area contributed by atoms with Crippen LogP contribution in [0.1, 0.15) is 18.3 Å². The van der Waals surface area contributed by atoms with E-state index in [1.807, 2.05) is 44.3 Å². The van der Waals surface area contributed by atoms with Crippen molar-refractivity contribution in [2.75, 3.05) is 0 Å². The quantitative estimate of drug-likeness (QED) is 0.839. The van der Waals surface area contributed by atoms with Crippen LogP contribution in [-0.2, 0) is 19.0 Å². The second kappa shape index (κ2) is 4.06. The molecule has 1 heterocycles. The van der Waals surface area contributed by atoms with Gasteiger partial charge in [0.05, 0.1) is 0 Å². The van der Waals surface area contributed by atoms with E-state index in [4.69, 9.17) is 5.73 Å². The molecule has 84 valence electrons. The molecule has 0 saturated heterocycles. The average Bonchev–Trinajstić information content (AvgIpc) is 2.65. The Morgan fingerprint density at radius 2 is 2.00 bits per heavy atom. The Kier molecular flexibility index (Phi) is 2.75. The molecule has 0 radical (unpaired) electrons. The first-order valence-electron chi connectivity index (χ1n) is 5.27. The van der Waals surface area contributed by atoms with Gasteiger partial charge in [-0.1, -0.05) is 30.3 Å². The molecule has 0 aliphatic rings. The molecule has 0 bridgehead atoms. The van der Waals surface area contributed by atoms with Crippen LogP contribution in [0.15, 0.2) is 36.7 Å². The molecule has 4 heteroatoms. The van der Waals surface area contributed by atoms with Gasteiger partial charge >= 0.3 is 0 Å². The summed E-state index contributed by atoms with van der Waals surface area (Å²) in [6, 6.07) is 10.1. The summed E-state index contributed by atoms with van der Waals surface area (Å²) >= 11 is 0. The minimum Gasteiger partial charge on any atom is -0.321 e. The van der Waals surface area contributed by atoms with E-state index in [-0.39, 0.29) is 0 Å². The van der Waals surface area contributed by atoms with E-state index >= 15 is 0 Å². The summed E-state index contributed by atoms with van der Waals surface area (Å²) in [5.41, 5.74) is 7.01. The molecule has 0 saturated carbocycles. The number of hydrogen-bond donors (Lipinski definition) is 1. The molecule has 0 amide bonds. The zero-order valence-electron chi connectivity index (χ0n) is 9.59. The number of hydrogen-bond acceptors (Lipinski definition) is 3. The van der Waals surface area contributed by atoms with Crippen molar-refractivity contribution in [3.63, 3.8) is 0 Å². The van der Waals surface area contributed by atoms with Gasteiger partial charge in [-0.05, 0) is 12.5 Å². The molecule has 16 heavy (non-hydrogen) atoms. The molecule has 2 rings (SSSR count).